The first kappa shape index (κ1) is 26.3. The zero-order valence-corrected chi connectivity index (χ0v) is 19.9. The Kier molecular flexibility index (Phi) is 8.96. The van der Waals surface area contributed by atoms with E-state index in [1.165, 1.54) is 23.1 Å². The number of benzene rings is 2. The van der Waals surface area contributed by atoms with Crippen molar-refractivity contribution in [2.45, 2.75) is 45.4 Å². The second-order valence-electron chi connectivity index (χ2n) is 8.28. The molecule has 0 aliphatic carbocycles. The lowest BCUT2D eigenvalue weighted by Crippen LogP contribution is -2.55. The van der Waals surface area contributed by atoms with Gasteiger partial charge in [0.2, 0.25) is 11.8 Å². The molecule has 7 nitrogen and oxygen atoms in total. The highest BCUT2D eigenvalue weighted by Gasteiger charge is 2.42. The minimum Gasteiger partial charge on any atom is -0.343 e. The van der Waals surface area contributed by atoms with Crippen molar-refractivity contribution in [3.05, 3.63) is 65.5 Å². The van der Waals surface area contributed by atoms with Gasteiger partial charge in [-0.2, -0.15) is 0 Å². The summed E-state index contributed by atoms with van der Waals surface area (Å²) in [6.07, 6.45) is 0. The van der Waals surface area contributed by atoms with Crippen molar-refractivity contribution in [3.8, 4) is 0 Å². The maximum Gasteiger partial charge on any atom is 0.251 e. The van der Waals surface area contributed by atoms with Crippen LogP contribution < -0.4 is 16.0 Å². The van der Waals surface area contributed by atoms with Crippen LogP contribution in [0.3, 0.4) is 0 Å². The van der Waals surface area contributed by atoms with E-state index in [1.54, 1.807) is 32.2 Å². The standard InChI is InChI=1S/C24H29FN4O3.ClH/c1-14(2)20(28-22(30)15(3)26-4)24(32)29-13-16-9-5-6-10-17(16)21(29)23(31)27-19-12-8-7-11-18(19)25;/h5-12,14-15,20-21,26H,13H2,1-4H3,(H,27,31)(H,28,30);1H/t15-,20-,21?;/m0./s1. The number of likely N-dealkylation sites (N-methyl/N-ethyl adjacent to an activating group) is 1. The molecule has 9 heteroatoms. The molecule has 1 heterocycles. The fraction of sp³-hybridized carbons (Fsp3) is 0.375. The van der Waals surface area contributed by atoms with Crippen LogP contribution in [0.2, 0.25) is 0 Å². The molecule has 3 amide bonds. The molecular formula is C24H30ClFN4O3. The minimum atomic E-state index is -0.932. The Morgan fingerprint density at radius 1 is 1.03 bits per heavy atom. The number of amides is 3. The molecule has 33 heavy (non-hydrogen) atoms. The third kappa shape index (κ3) is 5.69. The molecule has 0 bridgehead atoms. The van der Waals surface area contributed by atoms with Gasteiger partial charge in [-0.05, 0) is 43.1 Å². The van der Waals surface area contributed by atoms with Crippen molar-refractivity contribution >= 4 is 35.8 Å². The van der Waals surface area contributed by atoms with Crippen LogP contribution in [0.1, 0.15) is 37.9 Å². The molecule has 2 aromatic rings. The molecular weight excluding hydrogens is 447 g/mol. The van der Waals surface area contributed by atoms with Crippen LogP contribution in [-0.2, 0) is 20.9 Å². The summed E-state index contributed by atoms with van der Waals surface area (Å²) in [5.74, 6) is -1.93. The summed E-state index contributed by atoms with van der Waals surface area (Å²) in [4.78, 5) is 40.7. The molecule has 1 unspecified atom stereocenters. The predicted octanol–water partition coefficient (Wildman–Crippen LogP) is 3.02. The summed E-state index contributed by atoms with van der Waals surface area (Å²) in [6, 6.07) is 11.0. The van der Waals surface area contributed by atoms with Crippen LogP contribution >= 0.6 is 12.4 Å². The van der Waals surface area contributed by atoms with Crippen molar-refractivity contribution in [2.75, 3.05) is 12.4 Å². The summed E-state index contributed by atoms with van der Waals surface area (Å²) < 4.78 is 14.1. The van der Waals surface area contributed by atoms with E-state index in [4.69, 9.17) is 0 Å². The van der Waals surface area contributed by atoms with Gasteiger partial charge in [-0.3, -0.25) is 14.4 Å². The Labute approximate surface area is 199 Å². The van der Waals surface area contributed by atoms with Crippen LogP contribution in [0.25, 0.3) is 0 Å². The Bertz CT molecular complexity index is 1020. The number of hydrogen-bond acceptors (Lipinski definition) is 4. The number of para-hydroxylation sites is 1. The van der Waals surface area contributed by atoms with Gasteiger partial charge in [-0.15, -0.1) is 12.4 Å². The highest BCUT2D eigenvalue weighted by molar-refractivity contribution is 6.00. The smallest absolute Gasteiger partial charge is 0.251 e. The number of carbonyl (C=O) groups excluding carboxylic acids is 3. The third-order valence-corrected chi connectivity index (χ3v) is 5.72. The SMILES string of the molecule is CN[C@@H](C)C(=O)N[C@H](C(=O)N1Cc2ccccc2C1C(=O)Nc1ccccc1F)C(C)C.Cl. The van der Waals surface area contributed by atoms with Gasteiger partial charge in [0.15, 0.2) is 0 Å². The fourth-order valence-electron chi connectivity index (χ4n) is 3.74. The van der Waals surface area contributed by atoms with Gasteiger partial charge in [-0.25, -0.2) is 4.39 Å². The third-order valence-electron chi connectivity index (χ3n) is 5.72. The molecule has 1 aliphatic rings. The van der Waals surface area contributed by atoms with E-state index in [-0.39, 0.29) is 42.4 Å². The van der Waals surface area contributed by atoms with Crippen LogP contribution in [0.5, 0.6) is 0 Å². The first-order valence-corrected chi connectivity index (χ1v) is 10.7. The number of hydrogen-bond donors (Lipinski definition) is 3. The summed E-state index contributed by atoms with van der Waals surface area (Å²) in [6.45, 7) is 5.60. The highest BCUT2D eigenvalue weighted by atomic mass is 35.5. The molecule has 0 saturated heterocycles. The predicted molar refractivity (Wildman–Crippen MR) is 127 cm³/mol. The first-order valence-electron chi connectivity index (χ1n) is 10.7. The fourth-order valence-corrected chi connectivity index (χ4v) is 3.74. The topological polar surface area (TPSA) is 90.5 Å². The van der Waals surface area contributed by atoms with E-state index in [2.05, 4.69) is 16.0 Å². The van der Waals surface area contributed by atoms with Crippen LogP contribution in [-0.4, -0.2) is 41.8 Å². The monoisotopic (exact) mass is 476 g/mol. The van der Waals surface area contributed by atoms with Crippen molar-refractivity contribution in [3.63, 3.8) is 0 Å². The average Bonchev–Trinajstić information content (AvgIpc) is 3.17. The minimum absolute atomic E-state index is 0. The Hall–Kier alpha value is -2.97. The summed E-state index contributed by atoms with van der Waals surface area (Å²) in [5.41, 5.74) is 1.57. The lowest BCUT2D eigenvalue weighted by Gasteiger charge is -2.31. The van der Waals surface area contributed by atoms with Gasteiger partial charge >= 0.3 is 0 Å². The zero-order valence-electron chi connectivity index (χ0n) is 19.1. The number of nitrogens with one attached hydrogen (secondary N) is 3. The van der Waals surface area contributed by atoms with Crippen LogP contribution in [0.4, 0.5) is 10.1 Å². The van der Waals surface area contributed by atoms with Crippen molar-refractivity contribution < 1.29 is 18.8 Å². The van der Waals surface area contributed by atoms with Crippen LogP contribution in [0, 0.1) is 11.7 Å². The molecule has 0 radical (unpaired) electrons. The maximum absolute atomic E-state index is 14.1. The average molecular weight is 477 g/mol. The lowest BCUT2D eigenvalue weighted by atomic mass is 10.0. The van der Waals surface area contributed by atoms with E-state index < -0.39 is 29.8 Å². The van der Waals surface area contributed by atoms with Gasteiger partial charge in [0.05, 0.1) is 11.7 Å². The van der Waals surface area contributed by atoms with Crippen molar-refractivity contribution in [1.82, 2.24) is 15.5 Å². The Morgan fingerprint density at radius 3 is 2.30 bits per heavy atom. The lowest BCUT2D eigenvalue weighted by molar-refractivity contribution is -0.143. The number of fused-ring (bicyclic) bond motifs is 1. The van der Waals surface area contributed by atoms with Gasteiger partial charge in [0.1, 0.15) is 17.9 Å². The molecule has 178 valence electrons. The normalized spacial score (nSPS) is 16.4. The summed E-state index contributed by atoms with van der Waals surface area (Å²) >= 11 is 0. The highest BCUT2D eigenvalue weighted by Crippen LogP contribution is 2.35. The zero-order chi connectivity index (χ0) is 23.4. The number of carbonyl (C=O) groups is 3. The molecule has 0 aromatic heterocycles. The molecule has 3 atom stereocenters. The molecule has 3 N–H and O–H groups in total. The van der Waals surface area contributed by atoms with Gasteiger partial charge in [0.25, 0.3) is 5.91 Å². The number of rotatable bonds is 7. The molecule has 0 fully saturated rings. The van der Waals surface area contributed by atoms with Crippen molar-refractivity contribution in [2.24, 2.45) is 5.92 Å². The van der Waals surface area contributed by atoms with Crippen molar-refractivity contribution in [1.29, 1.82) is 0 Å². The summed E-state index contributed by atoms with van der Waals surface area (Å²) in [7, 11) is 1.66. The summed E-state index contributed by atoms with van der Waals surface area (Å²) in [5, 5.41) is 8.27. The number of halogens is 2. The number of nitrogens with zero attached hydrogens (tertiary/aromatic N) is 1. The Balaban J connectivity index is 0.00000385. The quantitative estimate of drug-likeness (QED) is 0.573. The van der Waals surface area contributed by atoms with E-state index in [9.17, 15) is 18.8 Å². The maximum atomic E-state index is 14.1. The second kappa shape index (κ2) is 11.2. The largest absolute Gasteiger partial charge is 0.343 e. The molecule has 1 aliphatic heterocycles. The molecule has 3 rings (SSSR count). The molecule has 2 aromatic carbocycles. The van der Waals surface area contributed by atoms with Gasteiger partial charge in [-0.1, -0.05) is 50.2 Å². The Morgan fingerprint density at radius 2 is 1.67 bits per heavy atom. The van der Waals surface area contributed by atoms with E-state index in [0.29, 0.717) is 5.56 Å². The number of anilines is 1. The second-order valence-corrected chi connectivity index (χ2v) is 8.28. The van der Waals surface area contributed by atoms with E-state index in [0.717, 1.165) is 5.56 Å². The van der Waals surface area contributed by atoms with Gasteiger partial charge < -0.3 is 20.9 Å². The van der Waals surface area contributed by atoms with Gasteiger partial charge in [0, 0.05) is 6.54 Å². The molecule has 0 spiro atoms. The van der Waals surface area contributed by atoms with E-state index in [1.807, 2.05) is 26.0 Å². The van der Waals surface area contributed by atoms with E-state index >= 15 is 0 Å². The molecule has 0 saturated carbocycles. The van der Waals surface area contributed by atoms with Crippen LogP contribution in [0.15, 0.2) is 48.5 Å². The first-order chi connectivity index (χ1) is 15.2.